The van der Waals surface area contributed by atoms with Crippen LogP contribution in [-0.2, 0) is 14.4 Å². The van der Waals surface area contributed by atoms with Gasteiger partial charge in [-0.25, -0.2) is 0 Å². The maximum absolute atomic E-state index is 12.7. The van der Waals surface area contributed by atoms with Gasteiger partial charge in [-0.2, -0.15) is 0 Å². The number of carbonyl (C=O) groups excluding carboxylic acids is 2. The minimum atomic E-state index is -1.04. The predicted molar refractivity (Wildman–Crippen MR) is 93.7 cm³/mol. The second kappa shape index (κ2) is 7.77. The van der Waals surface area contributed by atoms with Crippen LogP contribution in [0, 0.1) is 36.0 Å². The lowest BCUT2D eigenvalue weighted by Gasteiger charge is -2.45. The van der Waals surface area contributed by atoms with Gasteiger partial charge in [0.05, 0.1) is 29.8 Å². The number of hydrogen-bond donors (Lipinski definition) is 2. The van der Waals surface area contributed by atoms with Gasteiger partial charge in [-0.1, -0.05) is 5.16 Å². The molecule has 6 atom stereocenters. The molecular formula is C19H26N2O5. The molecule has 0 aromatic rings. The number of carbonyl (C=O) groups is 2. The van der Waals surface area contributed by atoms with Gasteiger partial charge in [0.2, 0.25) is 11.8 Å². The molecule has 142 valence electrons. The zero-order chi connectivity index (χ0) is 18.8. The molecule has 2 amide bonds. The average molecular weight is 362 g/mol. The molecule has 0 radical (unpaired) electrons. The number of aliphatic hydroxyl groups excluding tert-OH is 2. The van der Waals surface area contributed by atoms with Gasteiger partial charge in [0.1, 0.15) is 6.61 Å². The van der Waals surface area contributed by atoms with Gasteiger partial charge < -0.3 is 15.1 Å². The van der Waals surface area contributed by atoms with E-state index in [-0.39, 0.29) is 24.2 Å². The lowest BCUT2D eigenvalue weighted by molar-refractivity contribution is -0.141. The smallest absolute Gasteiger partial charge is 0.233 e. The van der Waals surface area contributed by atoms with E-state index in [0.29, 0.717) is 44.5 Å². The SMILES string of the molecule is C#CCCCO/N=C1\C[C@@H](O)[C@@H](O)[C@@H]2[C@@H]3C(=O)N(CC)C(=O)[C@@H]3CC[C@@H]12. The van der Waals surface area contributed by atoms with Crippen molar-refractivity contribution in [2.75, 3.05) is 13.2 Å². The van der Waals surface area contributed by atoms with Gasteiger partial charge in [-0.15, -0.1) is 12.3 Å². The van der Waals surface area contributed by atoms with Gasteiger partial charge in [0.25, 0.3) is 0 Å². The molecular weight excluding hydrogens is 336 g/mol. The zero-order valence-corrected chi connectivity index (χ0v) is 15.0. The molecule has 1 saturated heterocycles. The fourth-order valence-electron chi connectivity index (χ4n) is 4.72. The van der Waals surface area contributed by atoms with Gasteiger partial charge >= 0.3 is 0 Å². The van der Waals surface area contributed by atoms with E-state index in [2.05, 4.69) is 11.1 Å². The monoisotopic (exact) mass is 362 g/mol. The Labute approximate surface area is 153 Å². The van der Waals surface area contributed by atoms with Crippen LogP contribution in [-0.4, -0.2) is 58.0 Å². The van der Waals surface area contributed by atoms with Crippen molar-refractivity contribution >= 4 is 17.5 Å². The summed E-state index contributed by atoms with van der Waals surface area (Å²) in [5.41, 5.74) is 0.669. The Morgan fingerprint density at radius 2 is 2.00 bits per heavy atom. The van der Waals surface area contributed by atoms with Crippen LogP contribution in [0.25, 0.3) is 0 Å². The molecule has 26 heavy (non-hydrogen) atoms. The first-order valence-corrected chi connectivity index (χ1v) is 9.34. The van der Waals surface area contributed by atoms with Gasteiger partial charge in [0, 0.05) is 31.2 Å². The van der Waals surface area contributed by atoms with Crippen molar-refractivity contribution in [1.29, 1.82) is 0 Å². The third kappa shape index (κ3) is 3.12. The first kappa shape index (κ1) is 18.9. The number of aliphatic hydroxyl groups is 2. The molecule has 2 aliphatic carbocycles. The quantitative estimate of drug-likeness (QED) is 0.322. The highest BCUT2D eigenvalue weighted by atomic mass is 16.6. The summed E-state index contributed by atoms with van der Waals surface area (Å²) in [7, 11) is 0. The highest BCUT2D eigenvalue weighted by molar-refractivity contribution is 6.06. The minimum Gasteiger partial charge on any atom is -0.396 e. The third-order valence-electron chi connectivity index (χ3n) is 5.93. The Morgan fingerprint density at radius 1 is 1.27 bits per heavy atom. The van der Waals surface area contributed by atoms with E-state index < -0.39 is 30.0 Å². The van der Waals surface area contributed by atoms with Gasteiger partial charge in [-0.05, 0) is 26.2 Å². The molecule has 0 unspecified atom stereocenters. The molecule has 7 heteroatoms. The summed E-state index contributed by atoms with van der Waals surface area (Å²) in [4.78, 5) is 31.9. The van der Waals surface area contributed by atoms with Crippen LogP contribution in [0.2, 0.25) is 0 Å². The van der Waals surface area contributed by atoms with Crippen molar-refractivity contribution in [3.8, 4) is 12.3 Å². The van der Waals surface area contributed by atoms with Crippen LogP contribution >= 0.6 is 0 Å². The number of hydrogen-bond acceptors (Lipinski definition) is 6. The normalized spacial score (nSPS) is 38.1. The summed E-state index contributed by atoms with van der Waals surface area (Å²) in [6.45, 7) is 2.49. The Bertz CT molecular complexity index is 640. The second-order valence-electron chi connectivity index (χ2n) is 7.30. The van der Waals surface area contributed by atoms with Crippen LogP contribution in [0.1, 0.15) is 39.0 Å². The number of imide groups is 1. The minimum absolute atomic E-state index is 0.155. The molecule has 0 aromatic heterocycles. The van der Waals surface area contributed by atoms with Crippen LogP contribution in [0.4, 0.5) is 0 Å². The lowest BCUT2D eigenvalue weighted by atomic mass is 9.60. The molecule has 0 spiro atoms. The number of amides is 2. The Kier molecular flexibility index (Phi) is 5.64. The summed E-state index contributed by atoms with van der Waals surface area (Å²) >= 11 is 0. The topological polar surface area (TPSA) is 99.4 Å². The molecule has 2 N–H and O–H groups in total. The molecule has 3 rings (SSSR count). The summed E-state index contributed by atoms with van der Waals surface area (Å²) in [6, 6.07) is 0. The largest absolute Gasteiger partial charge is 0.396 e. The molecule has 7 nitrogen and oxygen atoms in total. The van der Waals surface area contributed by atoms with Crippen molar-refractivity contribution in [3.63, 3.8) is 0 Å². The highest BCUT2D eigenvalue weighted by Crippen LogP contribution is 2.49. The number of fused-ring (bicyclic) bond motifs is 3. The van der Waals surface area contributed by atoms with Crippen LogP contribution in [0.5, 0.6) is 0 Å². The predicted octanol–water partition coefficient (Wildman–Crippen LogP) is 0.545. The molecule has 0 aromatic carbocycles. The van der Waals surface area contributed by atoms with Crippen molar-refractivity contribution in [2.45, 2.75) is 51.2 Å². The van der Waals surface area contributed by atoms with Crippen LogP contribution in [0.3, 0.4) is 0 Å². The van der Waals surface area contributed by atoms with E-state index in [9.17, 15) is 19.8 Å². The molecule has 3 aliphatic rings. The zero-order valence-electron chi connectivity index (χ0n) is 15.0. The fourth-order valence-corrected chi connectivity index (χ4v) is 4.72. The summed E-state index contributed by atoms with van der Waals surface area (Å²) in [5, 5.41) is 25.1. The van der Waals surface area contributed by atoms with E-state index in [1.165, 1.54) is 4.90 Å². The number of likely N-dealkylation sites (tertiary alicyclic amines) is 1. The number of rotatable bonds is 5. The molecule has 3 fully saturated rings. The van der Waals surface area contributed by atoms with Crippen LogP contribution in [0.15, 0.2) is 5.16 Å². The standard InChI is InChI=1S/C19H26N2O5/c1-3-5-6-9-26-20-13-10-14(22)17(23)15-11(13)7-8-12-16(15)19(25)21(4-2)18(12)24/h1,11-12,14-17,22-23H,4-10H2,2H3/b20-13+/t11-,12+,14+,15-,16+,17+/m0/s1. The summed E-state index contributed by atoms with van der Waals surface area (Å²) in [6.07, 6.45) is 5.90. The molecule has 1 aliphatic heterocycles. The highest BCUT2D eigenvalue weighted by Gasteiger charge is 2.59. The van der Waals surface area contributed by atoms with Crippen LogP contribution < -0.4 is 0 Å². The number of oxime groups is 1. The maximum atomic E-state index is 12.7. The van der Waals surface area contributed by atoms with E-state index in [0.717, 1.165) is 0 Å². The third-order valence-corrected chi connectivity index (χ3v) is 5.93. The van der Waals surface area contributed by atoms with Gasteiger partial charge in [0.15, 0.2) is 0 Å². The summed E-state index contributed by atoms with van der Waals surface area (Å²) < 4.78 is 0. The number of terminal acetylenes is 1. The Balaban J connectivity index is 1.81. The first-order chi connectivity index (χ1) is 12.5. The van der Waals surface area contributed by atoms with E-state index in [1.807, 2.05) is 0 Å². The van der Waals surface area contributed by atoms with Crippen molar-refractivity contribution in [3.05, 3.63) is 0 Å². The fraction of sp³-hybridized carbons (Fsp3) is 0.737. The lowest BCUT2D eigenvalue weighted by Crippen LogP contribution is -2.54. The van der Waals surface area contributed by atoms with E-state index >= 15 is 0 Å². The second-order valence-corrected chi connectivity index (χ2v) is 7.30. The molecule has 1 heterocycles. The Morgan fingerprint density at radius 3 is 2.69 bits per heavy atom. The van der Waals surface area contributed by atoms with Crippen molar-refractivity contribution in [1.82, 2.24) is 4.90 Å². The maximum Gasteiger partial charge on any atom is 0.233 e. The molecule has 0 bridgehead atoms. The first-order valence-electron chi connectivity index (χ1n) is 9.34. The average Bonchev–Trinajstić information content (AvgIpc) is 2.88. The number of unbranched alkanes of at least 4 members (excludes halogenated alkanes) is 1. The number of nitrogens with zero attached hydrogens (tertiary/aromatic N) is 2. The summed E-state index contributed by atoms with van der Waals surface area (Å²) in [5.74, 6) is 0.496. The van der Waals surface area contributed by atoms with Gasteiger partial charge in [-0.3, -0.25) is 14.5 Å². The van der Waals surface area contributed by atoms with Crippen molar-refractivity contribution in [2.24, 2.45) is 28.8 Å². The van der Waals surface area contributed by atoms with E-state index in [1.54, 1.807) is 6.92 Å². The van der Waals surface area contributed by atoms with E-state index in [4.69, 9.17) is 11.3 Å². The molecule has 2 saturated carbocycles. The van der Waals surface area contributed by atoms with Crippen molar-refractivity contribution < 1.29 is 24.6 Å². The Hall–Kier alpha value is -1.91.